The highest BCUT2D eigenvalue weighted by atomic mass is 35.5. The van der Waals surface area contributed by atoms with Crippen molar-refractivity contribution in [3.05, 3.63) is 106 Å². The van der Waals surface area contributed by atoms with Gasteiger partial charge in [0.1, 0.15) is 16.7 Å². The molecule has 0 unspecified atom stereocenters. The van der Waals surface area contributed by atoms with E-state index in [1.54, 1.807) is 18.2 Å². The largest absolute Gasteiger partial charge is 0.382 e. The summed E-state index contributed by atoms with van der Waals surface area (Å²) in [7, 11) is 0. The van der Waals surface area contributed by atoms with Gasteiger partial charge in [-0.2, -0.15) is 5.10 Å². The lowest BCUT2D eigenvalue weighted by molar-refractivity contribution is -0.117. The van der Waals surface area contributed by atoms with E-state index in [1.807, 2.05) is 60.7 Å². The first kappa shape index (κ1) is 23.7. The maximum Gasteiger partial charge on any atom is 0.244 e. The topological polar surface area (TPSA) is 112 Å². The van der Waals surface area contributed by atoms with Crippen LogP contribution in [0.4, 0.5) is 5.82 Å². The monoisotopic (exact) mass is 516 g/mol. The summed E-state index contributed by atoms with van der Waals surface area (Å²) in [4.78, 5) is 20.8. The van der Waals surface area contributed by atoms with Crippen LogP contribution < -0.4 is 11.1 Å². The van der Waals surface area contributed by atoms with Crippen LogP contribution >= 0.6 is 23.2 Å². The Bertz CT molecular complexity index is 1560. The van der Waals surface area contributed by atoms with Crippen LogP contribution in [0.15, 0.2) is 78.9 Å². The van der Waals surface area contributed by atoms with Crippen molar-refractivity contribution in [2.45, 2.75) is 12.5 Å². The third kappa shape index (κ3) is 5.27. The zero-order chi connectivity index (χ0) is 25.1. The minimum atomic E-state index is -0.443. The fourth-order valence-corrected chi connectivity index (χ4v) is 4.43. The van der Waals surface area contributed by atoms with Crippen LogP contribution in [0.5, 0.6) is 0 Å². The molecule has 9 heteroatoms. The number of benzene rings is 3. The lowest BCUT2D eigenvalue weighted by Gasteiger charge is -2.16. The number of hydrogen-bond donors (Lipinski definition) is 4. The Morgan fingerprint density at radius 2 is 1.89 bits per heavy atom. The zero-order valence-corrected chi connectivity index (χ0v) is 20.5. The summed E-state index contributed by atoms with van der Waals surface area (Å²) in [5, 5.41) is 11.8. The van der Waals surface area contributed by atoms with Gasteiger partial charge in [-0.15, -0.1) is 0 Å². The molecule has 1 amide bonds. The summed E-state index contributed by atoms with van der Waals surface area (Å²) in [6.07, 6.45) is 3.72. The molecule has 0 bridgehead atoms. The van der Waals surface area contributed by atoms with Crippen molar-refractivity contribution in [1.82, 2.24) is 25.5 Å². The van der Waals surface area contributed by atoms with Gasteiger partial charge in [-0.3, -0.25) is 9.89 Å². The number of carbonyl (C=O) groups excluding carboxylic acids is 1. The number of amides is 1. The summed E-state index contributed by atoms with van der Waals surface area (Å²) in [5.74, 6) is 0.716. The molecule has 0 aliphatic heterocycles. The normalized spacial score (nSPS) is 12.3. The van der Waals surface area contributed by atoms with E-state index in [2.05, 4.69) is 20.5 Å². The van der Waals surface area contributed by atoms with Gasteiger partial charge in [-0.25, -0.2) is 4.98 Å². The number of aromatic nitrogens is 4. The number of imidazole rings is 1. The van der Waals surface area contributed by atoms with E-state index in [0.29, 0.717) is 33.9 Å². The zero-order valence-electron chi connectivity index (χ0n) is 19.0. The SMILES string of the molecule is Nc1n[nH]c2cc(-c3nc([C@H](Cc4ccccc4)NC(=O)/C=C/c4cccc(Cl)c4)[nH]c3Cl)ccc12. The van der Waals surface area contributed by atoms with E-state index in [9.17, 15) is 4.79 Å². The highest BCUT2D eigenvalue weighted by Gasteiger charge is 2.21. The van der Waals surface area contributed by atoms with Crippen LogP contribution in [0.1, 0.15) is 23.0 Å². The number of nitrogens with one attached hydrogen (secondary N) is 3. The summed E-state index contributed by atoms with van der Waals surface area (Å²) in [6.45, 7) is 0. The molecule has 2 aromatic heterocycles. The highest BCUT2D eigenvalue weighted by molar-refractivity contribution is 6.32. The minimum Gasteiger partial charge on any atom is -0.382 e. The van der Waals surface area contributed by atoms with E-state index >= 15 is 0 Å². The molecule has 180 valence electrons. The second-order valence-electron chi connectivity index (χ2n) is 8.29. The first-order chi connectivity index (χ1) is 17.5. The van der Waals surface area contributed by atoms with Gasteiger partial charge in [-0.1, -0.05) is 71.7 Å². The number of H-pyrrole nitrogens is 2. The Labute approximate surface area is 217 Å². The second kappa shape index (κ2) is 10.3. The smallest absolute Gasteiger partial charge is 0.244 e. The van der Waals surface area contributed by atoms with Crippen molar-refractivity contribution in [2.24, 2.45) is 0 Å². The number of hydrogen-bond acceptors (Lipinski definition) is 4. The third-order valence-corrected chi connectivity index (χ3v) is 6.26. The molecule has 0 aliphatic rings. The molecule has 0 spiro atoms. The average Bonchev–Trinajstić information content (AvgIpc) is 3.45. The van der Waals surface area contributed by atoms with Gasteiger partial charge in [0.05, 0.1) is 11.6 Å². The molecule has 3 aromatic carbocycles. The Morgan fingerprint density at radius 3 is 2.69 bits per heavy atom. The van der Waals surface area contributed by atoms with E-state index in [1.165, 1.54) is 6.08 Å². The molecular formula is C27H22Cl2N6O. The first-order valence-electron chi connectivity index (χ1n) is 11.2. The Hall–Kier alpha value is -4.07. The third-order valence-electron chi connectivity index (χ3n) is 5.75. The van der Waals surface area contributed by atoms with Gasteiger partial charge >= 0.3 is 0 Å². The number of fused-ring (bicyclic) bond motifs is 1. The van der Waals surface area contributed by atoms with Crippen LogP contribution in [0.2, 0.25) is 10.2 Å². The number of nitrogens with two attached hydrogens (primary N) is 1. The van der Waals surface area contributed by atoms with Gasteiger partial charge in [0.15, 0.2) is 5.82 Å². The predicted molar refractivity (Wildman–Crippen MR) is 145 cm³/mol. The second-order valence-corrected chi connectivity index (χ2v) is 9.11. The number of anilines is 1. The summed E-state index contributed by atoms with van der Waals surface area (Å²) in [6, 6.07) is 22.4. The number of aromatic amines is 2. The number of carbonyl (C=O) groups is 1. The lowest BCUT2D eigenvalue weighted by atomic mass is 10.1. The minimum absolute atomic E-state index is 0.265. The molecule has 1 atom stereocenters. The van der Waals surface area contributed by atoms with Crippen LogP contribution in [-0.4, -0.2) is 26.1 Å². The van der Waals surface area contributed by atoms with Crippen molar-refractivity contribution < 1.29 is 4.79 Å². The molecule has 0 aliphatic carbocycles. The van der Waals surface area contributed by atoms with Crippen molar-refractivity contribution in [3.63, 3.8) is 0 Å². The van der Waals surface area contributed by atoms with Gasteiger partial charge in [-0.05, 0) is 47.9 Å². The molecule has 0 saturated heterocycles. The van der Waals surface area contributed by atoms with Crippen LogP contribution in [0.25, 0.3) is 28.2 Å². The van der Waals surface area contributed by atoms with Gasteiger partial charge < -0.3 is 16.0 Å². The molecule has 2 heterocycles. The number of rotatable bonds is 7. The highest BCUT2D eigenvalue weighted by Crippen LogP contribution is 2.31. The maximum absolute atomic E-state index is 12.9. The summed E-state index contributed by atoms with van der Waals surface area (Å²) >= 11 is 12.6. The van der Waals surface area contributed by atoms with E-state index in [0.717, 1.165) is 27.6 Å². The average molecular weight is 517 g/mol. The van der Waals surface area contributed by atoms with Crippen molar-refractivity contribution >= 4 is 51.9 Å². The predicted octanol–water partition coefficient (Wildman–Crippen LogP) is 5.96. The van der Waals surface area contributed by atoms with Gasteiger partial charge in [0.25, 0.3) is 0 Å². The molecule has 7 nitrogen and oxygen atoms in total. The van der Waals surface area contributed by atoms with Crippen molar-refractivity contribution in [3.8, 4) is 11.3 Å². The molecule has 5 rings (SSSR count). The fraction of sp³-hybridized carbons (Fsp3) is 0.0741. The van der Waals surface area contributed by atoms with Gasteiger partial charge in [0, 0.05) is 22.0 Å². The Morgan fingerprint density at radius 1 is 1.06 bits per heavy atom. The lowest BCUT2D eigenvalue weighted by Crippen LogP contribution is -2.29. The number of nitrogen functional groups attached to an aromatic ring is 1. The number of halogens is 2. The molecule has 36 heavy (non-hydrogen) atoms. The standard InChI is InChI=1S/C27H22Cl2N6O/c28-19-8-4-7-17(13-19)9-12-23(36)31-22(14-16-5-2-1-3-6-16)27-32-24(25(29)33-27)18-10-11-20-21(15-18)34-35-26(20)30/h1-13,15,22H,14H2,(H,31,36)(H,32,33)(H3,30,34,35)/b12-9+/t22-/m0/s1. The number of nitrogens with zero attached hydrogens (tertiary/aromatic N) is 2. The quantitative estimate of drug-likeness (QED) is 0.200. The molecule has 0 saturated carbocycles. The van der Waals surface area contributed by atoms with E-state index < -0.39 is 6.04 Å². The fourth-order valence-electron chi connectivity index (χ4n) is 3.98. The van der Waals surface area contributed by atoms with Crippen molar-refractivity contribution in [2.75, 3.05) is 5.73 Å². The molecular weight excluding hydrogens is 495 g/mol. The summed E-state index contributed by atoms with van der Waals surface area (Å²) in [5.41, 5.74) is 9.91. The maximum atomic E-state index is 12.9. The van der Waals surface area contributed by atoms with E-state index in [4.69, 9.17) is 33.9 Å². The van der Waals surface area contributed by atoms with Crippen LogP contribution in [0, 0.1) is 0 Å². The molecule has 0 radical (unpaired) electrons. The molecule has 5 N–H and O–H groups in total. The summed E-state index contributed by atoms with van der Waals surface area (Å²) < 4.78 is 0. The Balaban J connectivity index is 1.43. The van der Waals surface area contributed by atoms with Gasteiger partial charge in [0.2, 0.25) is 5.91 Å². The van der Waals surface area contributed by atoms with Crippen LogP contribution in [0.3, 0.4) is 0 Å². The molecule has 0 fully saturated rings. The first-order valence-corrected chi connectivity index (χ1v) is 12.0. The Kier molecular flexibility index (Phi) is 6.75. The van der Waals surface area contributed by atoms with Crippen molar-refractivity contribution in [1.29, 1.82) is 0 Å². The van der Waals surface area contributed by atoms with E-state index in [-0.39, 0.29) is 5.91 Å². The molecule has 5 aromatic rings. The van der Waals surface area contributed by atoms with Crippen LogP contribution in [-0.2, 0) is 11.2 Å².